The number of pyridine rings is 6. The van der Waals surface area contributed by atoms with E-state index in [9.17, 15) is 4.39 Å². The predicted octanol–water partition coefficient (Wildman–Crippen LogP) is 21.8. The zero-order chi connectivity index (χ0) is 103. The molecule has 5 unspecified atom stereocenters. The summed E-state index contributed by atoms with van der Waals surface area (Å²) < 4.78 is 24.8. The molecule has 4 aliphatic rings. The van der Waals surface area contributed by atoms with E-state index in [1.165, 1.54) is 12.3 Å². The second-order valence-corrected chi connectivity index (χ2v) is 36.4. The lowest BCUT2D eigenvalue weighted by atomic mass is 10.0. The zero-order valence-electron chi connectivity index (χ0n) is 84.1. The third-order valence-electron chi connectivity index (χ3n) is 23.7. The minimum Gasteiger partial charge on any atom is -0.376 e. The second-order valence-electron chi connectivity index (χ2n) is 36.4. The summed E-state index contributed by atoms with van der Waals surface area (Å²) in [5.74, 6) is 10.5. The molecule has 2 aliphatic heterocycles. The maximum atomic E-state index is 13.2. The first-order chi connectivity index (χ1) is 73.4. The summed E-state index contributed by atoms with van der Waals surface area (Å²) in [7, 11) is 0. The number of benzene rings is 6. The molecule has 2 aliphatic carbocycles. The molecule has 4 fully saturated rings. The fourth-order valence-electron chi connectivity index (χ4n) is 14.9. The fourth-order valence-corrected chi connectivity index (χ4v) is 14.9. The van der Waals surface area contributed by atoms with Crippen molar-refractivity contribution in [2.24, 2.45) is 11.8 Å². The minimum absolute atomic E-state index is 0.100. The Morgan fingerprint density at radius 1 is 0.347 bits per heavy atom. The van der Waals surface area contributed by atoms with Gasteiger partial charge in [-0.2, -0.15) is 94.1 Å². The van der Waals surface area contributed by atoms with Crippen LogP contribution in [0.5, 0.6) is 0 Å². The van der Waals surface area contributed by atoms with Crippen molar-refractivity contribution < 1.29 is 13.9 Å². The largest absolute Gasteiger partial charge is 0.376 e. The SMILES string of the molecule is CC(C)Nc1nc(Nc2ccnc(F)c2)nc(-c2ccccc2)n1.CC1(CNc2nc(Nc3ccncc3)nc(-c3ccccc3)n2)CCCO1.CC1(Nc2nc(Nc3ccncc3)nc(-c3ccccc3)n2)CC1.CC1CC1Nc1nc(Nc2ccncc2)nc(-c2ccccc2)n1.CCC(C)CNc1nc(Nc2ccncc2)nc(-c2ccccc2)n1.c1ccc(-c2nc(NCC3CCCO3)nc(Nc3ccncc3)n2)cc1. The lowest BCUT2D eigenvalue weighted by molar-refractivity contribution is 0.0314. The van der Waals surface area contributed by atoms with Crippen LogP contribution < -0.4 is 63.8 Å². The van der Waals surface area contributed by atoms with Crippen molar-refractivity contribution in [3.8, 4) is 68.3 Å². The highest BCUT2D eigenvalue weighted by molar-refractivity contribution is 5.68. The molecule has 14 heterocycles. The van der Waals surface area contributed by atoms with Gasteiger partial charge in [-0.05, 0) is 151 Å². The highest BCUT2D eigenvalue weighted by Gasteiger charge is 2.39. The Bertz CT molecular complexity index is 7210. The van der Waals surface area contributed by atoms with Crippen molar-refractivity contribution in [3.05, 3.63) is 329 Å². The molecule has 0 amide bonds. The zero-order valence-corrected chi connectivity index (χ0v) is 84.1. The van der Waals surface area contributed by atoms with Crippen LogP contribution in [-0.2, 0) is 9.47 Å². The maximum absolute atomic E-state index is 13.2. The highest BCUT2D eigenvalue weighted by atomic mass is 19.1. The Morgan fingerprint density at radius 2 is 0.667 bits per heavy atom. The number of anilines is 18. The first-order valence-electron chi connectivity index (χ1n) is 49.8. The van der Waals surface area contributed by atoms with E-state index in [1.54, 1.807) is 68.0 Å². The molecule has 39 heteroatoms. The molecule has 22 rings (SSSR count). The quantitative estimate of drug-likeness (QED) is 0.0167. The predicted molar refractivity (Wildman–Crippen MR) is 585 cm³/mol. The van der Waals surface area contributed by atoms with Crippen molar-refractivity contribution in [1.29, 1.82) is 0 Å². The van der Waals surface area contributed by atoms with Gasteiger partial charge in [-0.3, -0.25) is 24.9 Å². The van der Waals surface area contributed by atoms with E-state index >= 15 is 0 Å². The topological polar surface area (TPSA) is 472 Å². The highest BCUT2D eigenvalue weighted by Crippen LogP contribution is 2.39. The third-order valence-corrected chi connectivity index (χ3v) is 23.7. The van der Waals surface area contributed by atoms with E-state index in [0.717, 1.165) is 133 Å². The Balaban J connectivity index is 0.000000123. The monoisotopic (exact) mass is 2010 g/mol. The Morgan fingerprint density at radius 3 is 1.00 bits per heavy atom. The minimum atomic E-state index is -0.571. The molecule has 18 aromatic rings. The van der Waals surface area contributed by atoms with Gasteiger partial charge in [0.25, 0.3) is 0 Å². The number of halogens is 1. The summed E-state index contributed by atoms with van der Waals surface area (Å²) in [5, 5.41) is 39.0. The average Bonchev–Trinajstić information content (AvgIpc) is 1.65. The number of nitrogens with zero attached hydrogens (tertiary/aromatic N) is 24. The number of hydrogen-bond donors (Lipinski definition) is 12. The summed E-state index contributed by atoms with van der Waals surface area (Å²) >= 11 is 0. The summed E-state index contributed by atoms with van der Waals surface area (Å²) in [4.78, 5) is 105. The van der Waals surface area contributed by atoms with E-state index in [1.807, 2.05) is 257 Å². The van der Waals surface area contributed by atoms with Gasteiger partial charge in [-0.25, -0.2) is 4.98 Å². The number of rotatable bonds is 34. The first kappa shape index (κ1) is 103. The summed E-state index contributed by atoms with van der Waals surface area (Å²) in [6, 6.07) is 81.3. The van der Waals surface area contributed by atoms with Crippen LogP contribution in [0.3, 0.4) is 0 Å². The molecule has 0 bridgehead atoms. The number of aromatic nitrogens is 24. The molecular formula is C111H117FN36O2. The van der Waals surface area contributed by atoms with E-state index in [2.05, 4.69) is 218 Å². The third kappa shape index (κ3) is 32.4. The molecule has 12 aromatic heterocycles. The molecule has 760 valence electrons. The summed E-state index contributed by atoms with van der Waals surface area (Å²) in [6.07, 6.45) is 27.6. The molecule has 2 saturated heterocycles. The molecule has 150 heavy (non-hydrogen) atoms. The van der Waals surface area contributed by atoms with Crippen molar-refractivity contribution in [2.75, 3.05) is 96.6 Å². The molecule has 38 nitrogen and oxygen atoms in total. The van der Waals surface area contributed by atoms with E-state index in [0.29, 0.717) is 143 Å². The average molecular weight is 2010 g/mol. The van der Waals surface area contributed by atoms with Crippen LogP contribution in [0.1, 0.15) is 99.8 Å². The second kappa shape index (κ2) is 52.0. The van der Waals surface area contributed by atoms with Crippen LogP contribution in [-0.4, -0.2) is 182 Å². The van der Waals surface area contributed by atoms with Crippen LogP contribution in [0.2, 0.25) is 0 Å². The summed E-state index contributed by atoms with van der Waals surface area (Å²) in [6.45, 7) is 18.7. The Hall–Kier alpha value is -18.3. The van der Waals surface area contributed by atoms with Crippen molar-refractivity contribution in [2.45, 2.75) is 129 Å². The number of ether oxygens (including phenoxy) is 2. The van der Waals surface area contributed by atoms with Gasteiger partial charge in [0.15, 0.2) is 34.9 Å². The van der Waals surface area contributed by atoms with Crippen molar-refractivity contribution >= 4 is 106 Å². The standard InChI is InChI=1S/C20H22N6O.C19H20N6O.C19H22N6.2C18H18N6.C17H17FN6/c1-20(10-5-13-27-20)14-22-18-24-17(15-6-3-2-4-7-15)25-19(26-18)23-16-8-11-21-12-9-16;1-2-5-14(6-3-1)17-23-18(21-13-16-7-4-12-26-16)25-19(24-17)22-15-8-10-20-11-9-15;1-3-14(2)13-21-18-23-17(15-7-5-4-6-8-15)24-19(25-18)22-16-9-11-20-12-10-16;1-18(9-10-18)24-17-22-15(13-5-3-2-4-6-13)21-16(23-17)20-14-7-11-19-12-8-14;1-12-11-15(12)21-18-23-16(13-5-3-2-4-6-13)22-17(24-18)20-14-7-9-19-10-8-14;1-11(2)20-16-22-15(12-6-4-3-5-7-12)23-17(24-16)21-13-8-9-19-14(18)10-13/h2-4,6-9,11-12H,5,10,13-14H2,1H3,(H2,21,22,23,24,25,26);1-3,5-6,8-11,16H,4,7,12-13H2,(H2,20,21,22,23,24,25);4-12,14H,3,13H2,1-2H3,(H2,20,21,22,23,24,25);2-8,11-12H,9-10H2,1H3,(H2,19,20,21,22,23,24);2-10,12,15H,11H2,1H3,(H2,19,20,21,22,23,24);3-11H,1-2H3,(H2,19,20,21,22,23,24). The Kier molecular flexibility index (Phi) is 35.7. The summed E-state index contributed by atoms with van der Waals surface area (Å²) in [5.41, 5.74) is 10.5. The van der Waals surface area contributed by atoms with Crippen LogP contribution in [0.25, 0.3) is 68.3 Å². The maximum Gasteiger partial charge on any atom is 0.232 e. The molecule has 12 N–H and O–H groups in total. The van der Waals surface area contributed by atoms with Crippen LogP contribution >= 0.6 is 0 Å². The van der Waals surface area contributed by atoms with Gasteiger partial charge in [0.2, 0.25) is 77.3 Å². The number of nitrogens with one attached hydrogen (secondary N) is 12. The molecule has 5 atom stereocenters. The van der Waals surface area contributed by atoms with Crippen molar-refractivity contribution in [1.82, 2.24) is 120 Å². The number of hydrogen-bond acceptors (Lipinski definition) is 38. The van der Waals surface area contributed by atoms with Crippen molar-refractivity contribution in [3.63, 3.8) is 0 Å². The smallest absolute Gasteiger partial charge is 0.232 e. The van der Waals surface area contributed by atoms with E-state index in [-0.39, 0.29) is 23.3 Å². The molecule has 6 aromatic carbocycles. The van der Waals surface area contributed by atoms with Crippen LogP contribution in [0.15, 0.2) is 323 Å². The van der Waals surface area contributed by atoms with Gasteiger partial charge in [-0.15, -0.1) is 0 Å². The molecule has 0 spiro atoms. The van der Waals surface area contributed by atoms with Gasteiger partial charge >= 0.3 is 0 Å². The van der Waals surface area contributed by atoms with Gasteiger partial charge in [0, 0.05) is 192 Å². The molecule has 2 saturated carbocycles. The normalized spacial score (nSPS) is 15.3. The fraction of sp³-hybridized carbons (Fsp3) is 0.243. The van der Waals surface area contributed by atoms with Gasteiger partial charge < -0.3 is 73.3 Å². The lowest BCUT2D eigenvalue weighted by Crippen LogP contribution is -2.33. The lowest BCUT2D eigenvalue weighted by Gasteiger charge is -2.23. The Labute approximate surface area is 869 Å². The van der Waals surface area contributed by atoms with Crippen LogP contribution in [0, 0.1) is 17.8 Å². The van der Waals surface area contributed by atoms with Gasteiger partial charge in [0.1, 0.15) is 0 Å². The first-order valence-corrected chi connectivity index (χ1v) is 49.8. The van der Waals surface area contributed by atoms with Crippen LogP contribution in [0.4, 0.5) is 110 Å². The van der Waals surface area contributed by atoms with Gasteiger partial charge in [-0.1, -0.05) is 209 Å². The molecule has 0 radical (unpaired) electrons. The van der Waals surface area contributed by atoms with Gasteiger partial charge in [0.05, 0.1) is 11.7 Å². The van der Waals surface area contributed by atoms with E-state index in [4.69, 9.17) is 9.47 Å². The molecular weight excluding hydrogens is 1890 g/mol. The van der Waals surface area contributed by atoms with E-state index < -0.39 is 5.95 Å².